The summed E-state index contributed by atoms with van der Waals surface area (Å²) >= 11 is 0. The van der Waals surface area contributed by atoms with Crippen LogP contribution in [-0.4, -0.2) is 36.0 Å². The van der Waals surface area contributed by atoms with Gasteiger partial charge in [0.05, 0.1) is 6.04 Å². The molecule has 0 bridgehead atoms. The smallest absolute Gasteiger partial charge is 0.240 e. The summed E-state index contributed by atoms with van der Waals surface area (Å²) in [5.41, 5.74) is 0. The first-order chi connectivity index (χ1) is 8.56. The summed E-state index contributed by atoms with van der Waals surface area (Å²) < 4.78 is 0. The molecule has 3 nitrogen and oxygen atoms in total. The molecule has 106 valence electrons. The van der Waals surface area contributed by atoms with Gasteiger partial charge in [0.15, 0.2) is 0 Å². The lowest BCUT2D eigenvalue weighted by Crippen LogP contribution is -2.42. The van der Waals surface area contributed by atoms with Crippen molar-refractivity contribution in [2.75, 3.05) is 13.1 Å². The van der Waals surface area contributed by atoms with Crippen LogP contribution in [-0.2, 0) is 4.79 Å². The average Bonchev–Trinajstić information content (AvgIpc) is 2.67. The fourth-order valence-electron chi connectivity index (χ4n) is 2.62. The molecule has 1 saturated heterocycles. The van der Waals surface area contributed by atoms with Gasteiger partial charge in [-0.15, -0.1) is 0 Å². The molecule has 2 unspecified atom stereocenters. The Kier molecular flexibility index (Phi) is 6.69. The highest BCUT2D eigenvalue weighted by Gasteiger charge is 2.33. The SMILES string of the molecule is CCCNC1CCN(C(C)CCCC(C)C)C1=O. The van der Waals surface area contributed by atoms with E-state index in [0.29, 0.717) is 11.9 Å². The average molecular weight is 254 g/mol. The summed E-state index contributed by atoms with van der Waals surface area (Å²) in [7, 11) is 0. The molecule has 18 heavy (non-hydrogen) atoms. The van der Waals surface area contributed by atoms with E-state index in [4.69, 9.17) is 0 Å². The number of hydrogen-bond acceptors (Lipinski definition) is 2. The zero-order chi connectivity index (χ0) is 13.5. The minimum absolute atomic E-state index is 0.0810. The summed E-state index contributed by atoms with van der Waals surface area (Å²) in [5, 5.41) is 3.35. The molecule has 1 fully saturated rings. The Morgan fingerprint density at radius 3 is 2.67 bits per heavy atom. The van der Waals surface area contributed by atoms with Crippen LogP contribution in [0, 0.1) is 5.92 Å². The maximum atomic E-state index is 12.2. The second-order valence-electron chi connectivity index (χ2n) is 6.00. The van der Waals surface area contributed by atoms with Crippen LogP contribution in [0.25, 0.3) is 0 Å². The number of nitrogens with one attached hydrogen (secondary N) is 1. The zero-order valence-electron chi connectivity index (χ0n) is 12.5. The molecule has 1 heterocycles. The van der Waals surface area contributed by atoms with Crippen LogP contribution in [0.15, 0.2) is 0 Å². The summed E-state index contributed by atoms with van der Waals surface area (Å²) in [6.45, 7) is 10.7. The molecule has 2 atom stereocenters. The third-order valence-electron chi connectivity index (χ3n) is 3.82. The lowest BCUT2D eigenvalue weighted by atomic mass is 10.0. The Balaban J connectivity index is 2.31. The first kappa shape index (κ1) is 15.5. The highest BCUT2D eigenvalue weighted by Crippen LogP contribution is 2.19. The number of nitrogens with zero attached hydrogens (tertiary/aromatic N) is 1. The topological polar surface area (TPSA) is 32.3 Å². The Morgan fingerprint density at radius 2 is 2.06 bits per heavy atom. The van der Waals surface area contributed by atoms with Crippen molar-refractivity contribution in [1.82, 2.24) is 10.2 Å². The van der Waals surface area contributed by atoms with E-state index in [1.54, 1.807) is 0 Å². The third-order valence-corrected chi connectivity index (χ3v) is 3.82. The van der Waals surface area contributed by atoms with E-state index < -0.39 is 0 Å². The lowest BCUT2D eigenvalue weighted by molar-refractivity contribution is -0.131. The minimum Gasteiger partial charge on any atom is -0.339 e. The number of amides is 1. The van der Waals surface area contributed by atoms with Gasteiger partial charge in [0, 0.05) is 12.6 Å². The van der Waals surface area contributed by atoms with E-state index in [2.05, 4.69) is 37.9 Å². The molecular formula is C15H30N2O. The molecule has 3 heteroatoms. The van der Waals surface area contributed by atoms with Crippen LogP contribution in [0.2, 0.25) is 0 Å². The molecule has 1 aliphatic heterocycles. The lowest BCUT2D eigenvalue weighted by Gasteiger charge is -2.25. The number of carbonyl (C=O) groups excluding carboxylic acids is 1. The zero-order valence-corrected chi connectivity index (χ0v) is 12.5. The van der Waals surface area contributed by atoms with E-state index >= 15 is 0 Å². The molecule has 1 rings (SSSR count). The van der Waals surface area contributed by atoms with Gasteiger partial charge in [-0.25, -0.2) is 0 Å². The second-order valence-corrected chi connectivity index (χ2v) is 6.00. The Hall–Kier alpha value is -0.570. The van der Waals surface area contributed by atoms with Gasteiger partial charge >= 0.3 is 0 Å². The van der Waals surface area contributed by atoms with Crippen LogP contribution in [0.4, 0.5) is 0 Å². The van der Waals surface area contributed by atoms with E-state index in [1.165, 1.54) is 12.8 Å². The Labute approximate surface area is 112 Å². The molecule has 0 aliphatic carbocycles. The number of hydrogen-bond donors (Lipinski definition) is 1. The fourth-order valence-corrected chi connectivity index (χ4v) is 2.62. The van der Waals surface area contributed by atoms with Crippen molar-refractivity contribution in [2.45, 2.75) is 71.9 Å². The van der Waals surface area contributed by atoms with Crippen LogP contribution in [0.1, 0.15) is 59.8 Å². The van der Waals surface area contributed by atoms with Gasteiger partial charge < -0.3 is 10.2 Å². The summed E-state index contributed by atoms with van der Waals surface area (Å²) in [6.07, 6.45) is 5.71. The van der Waals surface area contributed by atoms with Gasteiger partial charge in [0.2, 0.25) is 5.91 Å². The highest BCUT2D eigenvalue weighted by molar-refractivity contribution is 5.84. The summed E-state index contributed by atoms with van der Waals surface area (Å²) in [6, 6.07) is 0.488. The Bertz CT molecular complexity index is 253. The van der Waals surface area contributed by atoms with Crippen molar-refractivity contribution in [3.8, 4) is 0 Å². The molecule has 0 saturated carbocycles. The standard InChI is InChI=1S/C15H30N2O/c1-5-10-16-14-9-11-17(15(14)18)13(4)8-6-7-12(2)3/h12-14,16H,5-11H2,1-4H3. The molecule has 0 aromatic rings. The van der Waals surface area contributed by atoms with Crippen LogP contribution in [0.5, 0.6) is 0 Å². The van der Waals surface area contributed by atoms with Crippen molar-refractivity contribution in [3.63, 3.8) is 0 Å². The molecule has 1 N–H and O–H groups in total. The van der Waals surface area contributed by atoms with Crippen LogP contribution < -0.4 is 5.32 Å². The molecule has 1 aliphatic rings. The van der Waals surface area contributed by atoms with Gasteiger partial charge in [0.1, 0.15) is 0 Å². The minimum atomic E-state index is 0.0810. The van der Waals surface area contributed by atoms with E-state index in [1.807, 2.05) is 0 Å². The Morgan fingerprint density at radius 1 is 1.33 bits per heavy atom. The molecular weight excluding hydrogens is 224 g/mol. The molecule has 0 spiro atoms. The number of likely N-dealkylation sites (tertiary alicyclic amines) is 1. The first-order valence-electron chi connectivity index (χ1n) is 7.60. The van der Waals surface area contributed by atoms with Gasteiger partial charge in [0.25, 0.3) is 0 Å². The van der Waals surface area contributed by atoms with Gasteiger partial charge in [-0.2, -0.15) is 0 Å². The number of rotatable bonds is 8. The normalized spacial score (nSPS) is 21.9. The van der Waals surface area contributed by atoms with Crippen LogP contribution >= 0.6 is 0 Å². The van der Waals surface area contributed by atoms with Crippen LogP contribution in [0.3, 0.4) is 0 Å². The van der Waals surface area contributed by atoms with Gasteiger partial charge in [-0.1, -0.05) is 33.6 Å². The quantitative estimate of drug-likeness (QED) is 0.722. The fraction of sp³-hybridized carbons (Fsp3) is 0.933. The van der Waals surface area contributed by atoms with Crippen molar-refractivity contribution >= 4 is 5.91 Å². The summed E-state index contributed by atoms with van der Waals surface area (Å²) in [4.78, 5) is 14.3. The van der Waals surface area contributed by atoms with E-state index in [-0.39, 0.29) is 6.04 Å². The van der Waals surface area contributed by atoms with Crippen molar-refractivity contribution in [1.29, 1.82) is 0 Å². The maximum absolute atomic E-state index is 12.2. The third kappa shape index (κ3) is 4.60. The van der Waals surface area contributed by atoms with Gasteiger partial charge in [-0.05, 0) is 38.6 Å². The largest absolute Gasteiger partial charge is 0.339 e. The first-order valence-corrected chi connectivity index (χ1v) is 7.60. The van der Waals surface area contributed by atoms with E-state index in [0.717, 1.165) is 38.3 Å². The predicted molar refractivity (Wildman–Crippen MR) is 76.6 cm³/mol. The summed E-state index contributed by atoms with van der Waals surface area (Å²) in [5.74, 6) is 1.09. The molecule has 1 amide bonds. The molecule has 0 aromatic carbocycles. The van der Waals surface area contributed by atoms with Crippen molar-refractivity contribution in [2.24, 2.45) is 5.92 Å². The van der Waals surface area contributed by atoms with E-state index in [9.17, 15) is 4.79 Å². The maximum Gasteiger partial charge on any atom is 0.240 e. The monoisotopic (exact) mass is 254 g/mol. The number of carbonyl (C=O) groups is 1. The highest BCUT2D eigenvalue weighted by atomic mass is 16.2. The molecule has 0 radical (unpaired) electrons. The predicted octanol–water partition coefficient (Wildman–Crippen LogP) is 2.80. The van der Waals surface area contributed by atoms with Crippen molar-refractivity contribution in [3.05, 3.63) is 0 Å². The van der Waals surface area contributed by atoms with Crippen molar-refractivity contribution < 1.29 is 4.79 Å². The second kappa shape index (κ2) is 7.78. The molecule has 0 aromatic heterocycles. The van der Waals surface area contributed by atoms with Gasteiger partial charge in [-0.3, -0.25) is 4.79 Å².